The lowest BCUT2D eigenvalue weighted by Crippen LogP contribution is -1.91. The van der Waals surface area contributed by atoms with Gasteiger partial charge in [-0.15, -0.1) is 0 Å². The van der Waals surface area contributed by atoms with Gasteiger partial charge >= 0.3 is 5.97 Å². The maximum absolute atomic E-state index is 13.9. The molecule has 0 bridgehead atoms. The van der Waals surface area contributed by atoms with E-state index in [-0.39, 0.29) is 5.56 Å². The number of carboxylic acids is 1. The number of hydrogen-bond donors (Lipinski definition) is 1. The largest absolute Gasteiger partial charge is 0.478 e. The highest BCUT2D eigenvalue weighted by Crippen LogP contribution is 2.28. The maximum atomic E-state index is 13.9. The van der Waals surface area contributed by atoms with Gasteiger partial charge in [-0.2, -0.15) is 0 Å². The maximum Gasteiger partial charge on any atom is 0.328 e. The Hall–Kier alpha value is -2.49. The molecule has 0 spiro atoms. The molecule has 0 aliphatic heterocycles. The molecule has 2 rings (SSSR count). The van der Waals surface area contributed by atoms with E-state index in [1.807, 2.05) is 0 Å². The van der Waals surface area contributed by atoms with Crippen LogP contribution >= 0.6 is 0 Å². The normalized spacial score (nSPS) is 10.8. The molecule has 0 saturated heterocycles. The van der Waals surface area contributed by atoms with Crippen LogP contribution in [0.5, 0.6) is 0 Å². The van der Waals surface area contributed by atoms with Crippen molar-refractivity contribution in [3.05, 3.63) is 65.7 Å². The smallest absolute Gasteiger partial charge is 0.328 e. The quantitative estimate of drug-likeness (QED) is 0.854. The van der Waals surface area contributed by atoms with Crippen molar-refractivity contribution >= 4 is 12.0 Å². The van der Waals surface area contributed by atoms with Crippen molar-refractivity contribution in [2.45, 2.75) is 0 Å². The van der Waals surface area contributed by atoms with Crippen LogP contribution in [0, 0.1) is 11.6 Å². The molecule has 2 aromatic carbocycles. The molecule has 2 nitrogen and oxygen atoms in total. The summed E-state index contributed by atoms with van der Waals surface area (Å²) in [6.07, 6.45) is 2.20. The average Bonchev–Trinajstić information content (AvgIpc) is 2.36. The second-order valence-electron chi connectivity index (χ2n) is 3.89. The lowest BCUT2D eigenvalue weighted by atomic mass is 9.98. The highest BCUT2D eigenvalue weighted by atomic mass is 19.1. The van der Waals surface area contributed by atoms with Crippen LogP contribution in [0.4, 0.5) is 8.78 Å². The van der Waals surface area contributed by atoms with Crippen molar-refractivity contribution in [1.82, 2.24) is 0 Å². The zero-order valence-corrected chi connectivity index (χ0v) is 9.81. The Morgan fingerprint density at radius 2 is 1.84 bits per heavy atom. The molecule has 0 aliphatic rings. The second kappa shape index (κ2) is 5.44. The van der Waals surface area contributed by atoms with Gasteiger partial charge in [0, 0.05) is 11.6 Å². The van der Waals surface area contributed by atoms with Gasteiger partial charge < -0.3 is 5.11 Å². The summed E-state index contributed by atoms with van der Waals surface area (Å²) in [6.45, 7) is 0. The van der Waals surface area contributed by atoms with Gasteiger partial charge in [0.05, 0.1) is 0 Å². The van der Waals surface area contributed by atoms with E-state index in [9.17, 15) is 13.6 Å². The molecule has 1 N–H and O–H groups in total. The van der Waals surface area contributed by atoms with Crippen LogP contribution in [-0.2, 0) is 4.79 Å². The minimum absolute atomic E-state index is 0.180. The minimum atomic E-state index is -1.13. The summed E-state index contributed by atoms with van der Waals surface area (Å²) >= 11 is 0. The van der Waals surface area contributed by atoms with Crippen LogP contribution in [0.25, 0.3) is 17.2 Å². The van der Waals surface area contributed by atoms with Crippen LogP contribution in [0.2, 0.25) is 0 Å². The molecule has 0 radical (unpaired) electrons. The zero-order valence-electron chi connectivity index (χ0n) is 9.81. The lowest BCUT2D eigenvalue weighted by Gasteiger charge is -2.08. The van der Waals surface area contributed by atoms with Crippen molar-refractivity contribution in [1.29, 1.82) is 0 Å². The summed E-state index contributed by atoms with van der Waals surface area (Å²) in [6, 6.07) is 9.80. The summed E-state index contributed by atoms with van der Waals surface area (Å²) < 4.78 is 27.1. The molecule has 0 saturated carbocycles. The first-order valence-electron chi connectivity index (χ1n) is 5.53. The molecule has 2 aromatic rings. The molecule has 0 amide bonds. The van der Waals surface area contributed by atoms with Crippen LogP contribution in [0.1, 0.15) is 5.56 Å². The minimum Gasteiger partial charge on any atom is -0.478 e. The Morgan fingerprint density at radius 1 is 1.11 bits per heavy atom. The van der Waals surface area contributed by atoms with E-state index in [4.69, 9.17) is 5.11 Å². The third-order valence-corrected chi connectivity index (χ3v) is 2.56. The second-order valence-corrected chi connectivity index (χ2v) is 3.89. The molecular formula is C15H10F2O2. The van der Waals surface area contributed by atoms with Gasteiger partial charge in [-0.25, -0.2) is 13.6 Å². The average molecular weight is 260 g/mol. The predicted octanol–water partition coefficient (Wildman–Crippen LogP) is 3.73. The fraction of sp³-hybridized carbons (Fsp3) is 0. The van der Waals surface area contributed by atoms with E-state index in [1.165, 1.54) is 36.4 Å². The van der Waals surface area contributed by atoms with Gasteiger partial charge in [-0.05, 0) is 35.4 Å². The van der Waals surface area contributed by atoms with Gasteiger partial charge in [0.1, 0.15) is 11.6 Å². The fourth-order valence-electron chi connectivity index (χ4n) is 1.79. The number of aliphatic carboxylic acids is 1. The van der Waals surface area contributed by atoms with E-state index in [2.05, 4.69) is 0 Å². The summed E-state index contributed by atoms with van der Waals surface area (Å²) in [5, 5.41) is 8.61. The number of halogens is 2. The Morgan fingerprint density at radius 3 is 2.53 bits per heavy atom. The number of carbonyl (C=O) groups is 1. The Labute approximate surface area is 108 Å². The van der Waals surface area contributed by atoms with Crippen molar-refractivity contribution in [2.24, 2.45) is 0 Å². The van der Waals surface area contributed by atoms with Crippen LogP contribution in [0.3, 0.4) is 0 Å². The van der Waals surface area contributed by atoms with Crippen molar-refractivity contribution < 1.29 is 18.7 Å². The number of carboxylic acid groups (broad SMARTS) is 1. The molecule has 4 heteroatoms. The van der Waals surface area contributed by atoms with Gasteiger partial charge in [-0.1, -0.05) is 24.3 Å². The van der Waals surface area contributed by atoms with Crippen molar-refractivity contribution in [3.63, 3.8) is 0 Å². The monoisotopic (exact) mass is 260 g/mol. The third kappa shape index (κ3) is 3.04. The fourth-order valence-corrected chi connectivity index (χ4v) is 1.79. The van der Waals surface area contributed by atoms with Crippen LogP contribution in [-0.4, -0.2) is 11.1 Å². The van der Waals surface area contributed by atoms with E-state index >= 15 is 0 Å². The molecule has 0 fully saturated rings. The summed E-state index contributed by atoms with van der Waals surface area (Å²) in [4.78, 5) is 10.5. The molecular weight excluding hydrogens is 250 g/mol. The lowest BCUT2D eigenvalue weighted by molar-refractivity contribution is -0.131. The summed E-state index contributed by atoms with van der Waals surface area (Å²) in [5.74, 6) is -2.14. The van der Waals surface area contributed by atoms with E-state index < -0.39 is 17.6 Å². The molecule has 19 heavy (non-hydrogen) atoms. The first-order valence-corrected chi connectivity index (χ1v) is 5.53. The highest BCUT2D eigenvalue weighted by molar-refractivity contribution is 5.88. The zero-order chi connectivity index (χ0) is 13.8. The Balaban J connectivity index is 2.58. The Bertz CT molecular complexity index is 648. The molecule has 0 atom stereocenters. The number of benzene rings is 2. The van der Waals surface area contributed by atoms with Gasteiger partial charge in [-0.3, -0.25) is 0 Å². The predicted molar refractivity (Wildman–Crippen MR) is 68.5 cm³/mol. The van der Waals surface area contributed by atoms with Crippen molar-refractivity contribution in [2.75, 3.05) is 0 Å². The summed E-state index contributed by atoms with van der Waals surface area (Å²) in [5.41, 5.74) is 0.927. The van der Waals surface area contributed by atoms with Gasteiger partial charge in [0.2, 0.25) is 0 Å². The van der Waals surface area contributed by atoms with Gasteiger partial charge in [0.15, 0.2) is 0 Å². The molecule has 0 heterocycles. The summed E-state index contributed by atoms with van der Waals surface area (Å²) in [7, 11) is 0. The number of hydrogen-bond acceptors (Lipinski definition) is 1. The molecule has 0 unspecified atom stereocenters. The molecule has 0 aromatic heterocycles. The van der Waals surface area contributed by atoms with Crippen LogP contribution < -0.4 is 0 Å². The first kappa shape index (κ1) is 13.0. The third-order valence-electron chi connectivity index (χ3n) is 2.56. The van der Waals surface area contributed by atoms with E-state index in [1.54, 1.807) is 12.1 Å². The Kier molecular flexibility index (Phi) is 3.71. The highest BCUT2D eigenvalue weighted by Gasteiger charge is 2.09. The van der Waals surface area contributed by atoms with Crippen LogP contribution in [0.15, 0.2) is 48.5 Å². The van der Waals surface area contributed by atoms with E-state index in [0.717, 1.165) is 6.08 Å². The standard InChI is InChI=1S/C15H10F2O2/c16-12-5-1-4-11(9-12)15-10(7-8-14(18)19)3-2-6-13(15)17/h1-9H,(H,18,19)/b8-7+. The SMILES string of the molecule is O=C(O)/C=C/c1cccc(F)c1-c1cccc(F)c1. The van der Waals surface area contributed by atoms with E-state index in [0.29, 0.717) is 11.1 Å². The first-order chi connectivity index (χ1) is 9.08. The topological polar surface area (TPSA) is 37.3 Å². The number of rotatable bonds is 3. The molecule has 0 aliphatic carbocycles. The van der Waals surface area contributed by atoms with Gasteiger partial charge in [0.25, 0.3) is 0 Å². The van der Waals surface area contributed by atoms with Crippen molar-refractivity contribution in [3.8, 4) is 11.1 Å². The molecule has 96 valence electrons.